The Balaban J connectivity index is 1.66. The van der Waals surface area contributed by atoms with E-state index in [1.807, 2.05) is 6.92 Å². The molecule has 0 radical (unpaired) electrons. The monoisotopic (exact) mass is 344 g/mol. The lowest BCUT2D eigenvalue weighted by Gasteiger charge is -2.24. The molecule has 1 fully saturated rings. The summed E-state index contributed by atoms with van der Waals surface area (Å²) in [5, 5.41) is 6.77. The highest BCUT2D eigenvalue weighted by Crippen LogP contribution is 2.15. The van der Waals surface area contributed by atoms with Gasteiger partial charge in [0.25, 0.3) is 0 Å². The molecule has 3 N–H and O–H groups in total. The van der Waals surface area contributed by atoms with Crippen molar-refractivity contribution in [3.8, 4) is 0 Å². The standard InChI is InChI=1S/C16H23F2N3OS/c1-12(13-3-4-14(17)15(18)11-13)20-16(23)19-5-2-6-21-7-9-22-10-8-21/h3-4,11-12H,2,5-10H2,1H3,(H2,19,20,23)/p+1/t12-/m1/s1. The van der Waals surface area contributed by atoms with Crippen LogP contribution < -0.4 is 15.5 Å². The van der Waals surface area contributed by atoms with Crippen LogP contribution in [-0.4, -0.2) is 44.5 Å². The van der Waals surface area contributed by atoms with Gasteiger partial charge in [-0.15, -0.1) is 0 Å². The van der Waals surface area contributed by atoms with Crippen molar-refractivity contribution in [1.82, 2.24) is 10.6 Å². The minimum absolute atomic E-state index is 0.185. The highest BCUT2D eigenvalue weighted by atomic mass is 32.1. The van der Waals surface area contributed by atoms with Gasteiger partial charge in [-0.2, -0.15) is 0 Å². The SMILES string of the molecule is C[C@@H](NC(=S)NCCC[NH+]1CCOCC1)c1ccc(F)c(F)c1. The molecule has 0 aromatic heterocycles. The molecular weight excluding hydrogens is 320 g/mol. The number of nitrogens with one attached hydrogen (secondary N) is 3. The minimum Gasteiger partial charge on any atom is -0.370 e. The van der Waals surface area contributed by atoms with Gasteiger partial charge in [-0.1, -0.05) is 6.07 Å². The van der Waals surface area contributed by atoms with E-state index in [-0.39, 0.29) is 6.04 Å². The third-order valence-corrected chi connectivity index (χ3v) is 4.25. The lowest BCUT2D eigenvalue weighted by atomic mass is 10.1. The number of thiocarbonyl (C=S) groups is 1. The van der Waals surface area contributed by atoms with Crippen LogP contribution in [0.25, 0.3) is 0 Å². The van der Waals surface area contributed by atoms with E-state index in [0.29, 0.717) is 10.7 Å². The van der Waals surface area contributed by atoms with Crippen molar-refractivity contribution < 1.29 is 18.4 Å². The van der Waals surface area contributed by atoms with Crippen LogP contribution in [0.1, 0.15) is 24.9 Å². The number of benzene rings is 1. The van der Waals surface area contributed by atoms with Crippen molar-refractivity contribution in [3.05, 3.63) is 35.4 Å². The average molecular weight is 344 g/mol. The number of rotatable bonds is 6. The van der Waals surface area contributed by atoms with E-state index in [9.17, 15) is 8.78 Å². The molecule has 0 spiro atoms. The predicted octanol–water partition coefficient (Wildman–Crippen LogP) is 0.795. The zero-order valence-electron chi connectivity index (χ0n) is 13.3. The molecule has 1 aromatic carbocycles. The lowest BCUT2D eigenvalue weighted by Crippen LogP contribution is -3.14. The van der Waals surface area contributed by atoms with Gasteiger partial charge in [0.1, 0.15) is 13.1 Å². The number of halogens is 2. The zero-order chi connectivity index (χ0) is 16.7. The highest BCUT2D eigenvalue weighted by molar-refractivity contribution is 7.80. The van der Waals surface area contributed by atoms with Crippen molar-refractivity contribution in [2.45, 2.75) is 19.4 Å². The lowest BCUT2D eigenvalue weighted by molar-refractivity contribution is -0.908. The Labute approximate surface area is 141 Å². The quantitative estimate of drug-likeness (QED) is 0.527. The number of hydrogen-bond acceptors (Lipinski definition) is 2. The molecule has 0 bridgehead atoms. The first-order valence-electron chi connectivity index (χ1n) is 7.97. The predicted molar refractivity (Wildman–Crippen MR) is 89.5 cm³/mol. The molecule has 4 nitrogen and oxygen atoms in total. The largest absolute Gasteiger partial charge is 0.370 e. The first-order valence-corrected chi connectivity index (χ1v) is 8.37. The van der Waals surface area contributed by atoms with Gasteiger partial charge < -0.3 is 20.3 Å². The molecule has 0 unspecified atom stereocenters. The minimum atomic E-state index is -0.844. The molecule has 1 atom stereocenters. The maximum Gasteiger partial charge on any atom is 0.166 e. The molecule has 23 heavy (non-hydrogen) atoms. The fourth-order valence-electron chi connectivity index (χ4n) is 2.56. The van der Waals surface area contributed by atoms with Crippen LogP contribution in [0, 0.1) is 11.6 Å². The van der Waals surface area contributed by atoms with Gasteiger partial charge in [-0.3, -0.25) is 0 Å². The van der Waals surface area contributed by atoms with Crippen molar-refractivity contribution in [1.29, 1.82) is 0 Å². The van der Waals surface area contributed by atoms with E-state index in [4.69, 9.17) is 17.0 Å². The molecule has 7 heteroatoms. The summed E-state index contributed by atoms with van der Waals surface area (Å²) in [4.78, 5) is 1.56. The van der Waals surface area contributed by atoms with Crippen LogP contribution in [0.3, 0.4) is 0 Å². The molecule has 1 aromatic rings. The maximum absolute atomic E-state index is 13.2. The molecule has 0 saturated carbocycles. The first-order chi connectivity index (χ1) is 11.1. The van der Waals surface area contributed by atoms with Crippen molar-refractivity contribution in [3.63, 3.8) is 0 Å². The van der Waals surface area contributed by atoms with Gasteiger partial charge in [-0.05, 0) is 36.8 Å². The first kappa shape index (κ1) is 18.0. The molecule has 1 aliphatic heterocycles. The summed E-state index contributed by atoms with van der Waals surface area (Å²) in [6.45, 7) is 7.56. The van der Waals surface area contributed by atoms with Crippen molar-refractivity contribution in [2.24, 2.45) is 0 Å². The molecule has 1 aliphatic rings. The van der Waals surface area contributed by atoms with Crippen LogP contribution in [0.5, 0.6) is 0 Å². The van der Waals surface area contributed by atoms with Crippen molar-refractivity contribution in [2.75, 3.05) is 39.4 Å². The smallest absolute Gasteiger partial charge is 0.166 e. The molecule has 128 valence electrons. The number of ether oxygens (including phenoxy) is 1. The molecule has 1 saturated heterocycles. The van der Waals surface area contributed by atoms with E-state index in [0.717, 1.165) is 51.9 Å². The van der Waals surface area contributed by atoms with E-state index < -0.39 is 11.6 Å². The fourth-order valence-corrected chi connectivity index (χ4v) is 2.84. The van der Waals surface area contributed by atoms with E-state index in [1.54, 1.807) is 11.0 Å². The Kier molecular flexibility index (Phi) is 7.14. The van der Waals surface area contributed by atoms with Gasteiger partial charge in [-0.25, -0.2) is 8.78 Å². The van der Waals surface area contributed by atoms with Gasteiger partial charge >= 0.3 is 0 Å². The summed E-state index contributed by atoms with van der Waals surface area (Å²) >= 11 is 5.24. The summed E-state index contributed by atoms with van der Waals surface area (Å²) in [6, 6.07) is 3.69. The second kappa shape index (κ2) is 9.10. The summed E-state index contributed by atoms with van der Waals surface area (Å²) in [5.41, 5.74) is 0.658. The van der Waals surface area contributed by atoms with Crippen LogP contribution in [0.2, 0.25) is 0 Å². The van der Waals surface area contributed by atoms with Crippen LogP contribution in [-0.2, 0) is 4.74 Å². The number of quaternary nitrogens is 1. The summed E-state index contributed by atoms with van der Waals surface area (Å²) in [5.74, 6) is -1.68. The molecule has 0 aliphatic carbocycles. The molecule has 0 amide bonds. The van der Waals surface area contributed by atoms with Gasteiger partial charge in [0.15, 0.2) is 16.7 Å². The van der Waals surface area contributed by atoms with Gasteiger partial charge in [0.2, 0.25) is 0 Å². The average Bonchev–Trinajstić information content (AvgIpc) is 2.55. The topological polar surface area (TPSA) is 37.7 Å². The Bertz CT molecular complexity index is 524. The van der Waals surface area contributed by atoms with Crippen molar-refractivity contribution >= 4 is 17.3 Å². The Morgan fingerprint density at radius 1 is 1.30 bits per heavy atom. The number of hydrogen-bond donors (Lipinski definition) is 3. The Morgan fingerprint density at radius 2 is 2.04 bits per heavy atom. The van der Waals surface area contributed by atoms with E-state index >= 15 is 0 Å². The number of morpholine rings is 1. The Morgan fingerprint density at radius 3 is 2.74 bits per heavy atom. The molecular formula is C16H24F2N3OS+. The van der Waals surface area contributed by atoms with Gasteiger partial charge in [0, 0.05) is 13.0 Å². The van der Waals surface area contributed by atoms with E-state index in [2.05, 4.69) is 10.6 Å². The zero-order valence-corrected chi connectivity index (χ0v) is 14.1. The van der Waals surface area contributed by atoms with E-state index in [1.165, 1.54) is 6.07 Å². The van der Waals surface area contributed by atoms with Crippen LogP contribution in [0.4, 0.5) is 8.78 Å². The maximum atomic E-state index is 13.2. The van der Waals surface area contributed by atoms with Crippen LogP contribution >= 0.6 is 12.2 Å². The summed E-state index contributed by atoms with van der Waals surface area (Å²) in [6.07, 6.45) is 1.02. The summed E-state index contributed by atoms with van der Waals surface area (Å²) < 4.78 is 31.5. The molecule has 1 heterocycles. The second-order valence-electron chi connectivity index (χ2n) is 5.76. The molecule has 2 rings (SSSR count). The Hall–Kier alpha value is -1.31. The normalized spacial score (nSPS) is 16.8. The third kappa shape index (κ3) is 6.01. The van der Waals surface area contributed by atoms with Crippen LogP contribution in [0.15, 0.2) is 18.2 Å². The summed E-state index contributed by atoms with van der Waals surface area (Å²) in [7, 11) is 0. The fraction of sp³-hybridized carbons (Fsp3) is 0.562. The second-order valence-corrected chi connectivity index (χ2v) is 6.17. The third-order valence-electron chi connectivity index (χ3n) is 3.98. The highest BCUT2D eigenvalue weighted by Gasteiger charge is 2.13. The van der Waals surface area contributed by atoms with Gasteiger partial charge in [0.05, 0.1) is 25.8 Å².